The Hall–Kier alpha value is -0.940. The Morgan fingerprint density at radius 2 is 2.00 bits per heavy atom. The molecule has 0 saturated heterocycles. The van der Waals surface area contributed by atoms with Crippen LogP contribution in [0.3, 0.4) is 0 Å². The fraction of sp³-hybridized carbons (Fsp3) is 0.867. The van der Waals surface area contributed by atoms with E-state index in [0.717, 1.165) is 25.4 Å². The van der Waals surface area contributed by atoms with Gasteiger partial charge in [0.1, 0.15) is 12.2 Å². The summed E-state index contributed by atoms with van der Waals surface area (Å²) in [5.74, 6) is 2.06. The van der Waals surface area contributed by atoms with Gasteiger partial charge in [-0.25, -0.2) is 9.67 Å². The lowest BCUT2D eigenvalue weighted by Crippen LogP contribution is -2.44. The zero-order valence-electron chi connectivity index (χ0n) is 13.8. The molecule has 0 aliphatic heterocycles. The summed E-state index contributed by atoms with van der Waals surface area (Å²) >= 11 is 0. The maximum atomic E-state index is 5.91. The van der Waals surface area contributed by atoms with Gasteiger partial charge in [0.25, 0.3) is 0 Å². The van der Waals surface area contributed by atoms with Gasteiger partial charge in [-0.1, -0.05) is 27.7 Å². The minimum atomic E-state index is 0.189. The Morgan fingerprint density at radius 1 is 1.30 bits per heavy atom. The number of aromatic nitrogens is 3. The number of nitrogens with one attached hydrogen (secondary N) is 1. The molecule has 5 nitrogen and oxygen atoms in total. The van der Waals surface area contributed by atoms with Crippen LogP contribution in [-0.4, -0.2) is 40.6 Å². The molecule has 0 amide bonds. The van der Waals surface area contributed by atoms with Gasteiger partial charge in [0.2, 0.25) is 0 Å². The maximum Gasteiger partial charge on any atom is 0.138 e. The van der Waals surface area contributed by atoms with Gasteiger partial charge in [-0.3, -0.25) is 0 Å². The molecule has 2 atom stereocenters. The van der Waals surface area contributed by atoms with E-state index in [0.29, 0.717) is 11.8 Å². The number of ether oxygens (including phenoxy) is 1. The van der Waals surface area contributed by atoms with Crippen molar-refractivity contribution in [1.29, 1.82) is 0 Å². The molecular formula is C15H30N4O. The Balaban J connectivity index is 2.79. The second-order valence-corrected chi connectivity index (χ2v) is 6.02. The summed E-state index contributed by atoms with van der Waals surface area (Å²) in [4.78, 5) is 4.42. The first kappa shape index (κ1) is 17.1. The molecule has 0 aliphatic carbocycles. The van der Waals surface area contributed by atoms with Crippen molar-refractivity contribution < 1.29 is 4.74 Å². The molecule has 0 aliphatic rings. The third kappa shape index (κ3) is 4.87. The topological polar surface area (TPSA) is 52.0 Å². The van der Waals surface area contributed by atoms with E-state index in [4.69, 9.17) is 4.74 Å². The first-order chi connectivity index (χ1) is 9.49. The number of rotatable bonds is 9. The fourth-order valence-corrected chi connectivity index (χ4v) is 2.49. The number of hydrogen-bond donors (Lipinski definition) is 1. The lowest BCUT2D eigenvalue weighted by atomic mass is 9.96. The monoisotopic (exact) mass is 282 g/mol. The van der Waals surface area contributed by atoms with Crippen molar-refractivity contribution in [2.75, 3.05) is 13.7 Å². The van der Waals surface area contributed by atoms with Crippen LogP contribution in [0.4, 0.5) is 0 Å². The van der Waals surface area contributed by atoms with Gasteiger partial charge >= 0.3 is 0 Å². The Morgan fingerprint density at radius 3 is 2.50 bits per heavy atom. The van der Waals surface area contributed by atoms with Gasteiger partial charge in [0.15, 0.2) is 0 Å². The van der Waals surface area contributed by atoms with E-state index in [1.807, 2.05) is 18.7 Å². The van der Waals surface area contributed by atoms with Gasteiger partial charge in [0.05, 0.1) is 6.10 Å². The van der Waals surface area contributed by atoms with Crippen LogP contribution in [0, 0.1) is 11.8 Å². The highest BCUT2D eigenvalue weighted by Gasteiger charge is 2.25. The summed E-state index contributed by atoms with van der Waals surface area (Å²) in [5, 5.41) is 7.71. The van der Waals surface area contributed by atoms with Crippen LogP contribution in [0.15, 0.2) is 6.33 Å². The molecule has 20 heavy (non-hydrogen) atoms. The van der Waals surface area contributed by atoms with Gasteiger partial charge < -0.3 is 10.1 Å². The second kappa shape index (κ2) is 8.37. The highest BCUT2D eigenvalue weighted by atomic mass is 16.5. The summed E-state index contributed by atoms with van der Waals surface area (Å²) < 4.78 is 7.92. The standard InChI is InChI=1S/C15H30N4O/c1-7-20-15(12(4)5)13(16-6)8-14-17-10-18-19(14)9-11(2)3/h10-13,15-16H,7-9H2,1-6H3. The smallest absolute Gasteiger partial charge is 0.138 e. The summed E-state index contributed by atoms with van der Waals surface area (Å²) in [6.07, 6.45) is 2.68. The van der Waals surface area contributed by atoms with E-state index in [2.05, 4.69) is 43.1 Å². The Kier molecular flexibility index (Phi) is 7.16. The van der Waals surface area contributed by atoms with E-state index in [-0.39, 0.29) is 12.1 Å². The summed E-state index contributed by atoms with van der Waals surface area (Å²) in [6.45, 7) is 12.5. The molecule has 0 saturated carbocycles. The summed E-state index contributed by atoms with van der Waals surface area (Å²) in [7, 11) is 1.99. The predicted octanol–water partition coefficient (Wildman–Crippen LogP) is 2.13. The van der Waals surface area contributed by atoms with Gasteiger partial charge in [-0.05, 0) is 25.8 Å². The average molecular weight is 282 g/mol. The predicted molar refractivity (Wildman–Crippen MR) is 81.7 cm³/mol. The molecule has 1 aromatic heterocycles. The number of hydrogen-bond acceptors (Lipinski definition) is 4. The normalized spacial score (nSPS) is 15.0. The van der Waals surface area contributed by atoms with Crippen LogP contribution < -0.4 is 5.32 Å². The minimum absolute atomic E-state index is 0.189. The van der Waals surface area contributed by atoms with Gasteiger partial charge in [-0.2, -0.15) is 5.10 Å². The molecule has 0 spiro atoms. The van der Waals surface area contributed by atoms with Gasteiger partial charge in [0, 0.05) is 25.6 Å². The van der Waals surface area contributed by atoms with Crippen LogP contribution in [-0.2, 0) is 17.7 Å². The van der Waals surface area contributed by atoms with Crippen molar-refractivity contribution in [2.45, 2.75) is 59.7 Å². The van der Waals surface area contributed by atoms with Crippen LogP contribution in [0.25, 0.3) is 0 Å². The SMILES string of the molecule is CCOC(C(C)C)C(Cc1ncnn1CC(C)C)NC. The van der Waals surface area contributed by atoms with Crippen molar-refractivity contribution in [3.8, 4) is 0 Å². The Bertz CT molecular complexity index is 376. The van der Waals surface area contributed by atoms with E-state index in [9.17, 15) is 0 Å². The van der Waals surface area contributed by atoms with E-state index in [1.54, 1.807) is 6.33 Å². The fourth-order valence-electron chi connectivity index (χ4n) is 2.49. The molecule has 2 unspecified atom stereocenters. The van der Waals surface area contributed by atoms with E-state index >= 15 is 0 Å². The molecule has 5 heteroatoms. The average Bonchev–Trinajstić information content (AvgIpc) is 2.79. The largest absolute Gasteiger partial charge is 0.377 e. The summed E-state index contributed by atoms with van der Waals surface area (Å²) in [5.41, 5.74) is 0. The molecule has 0 fully saturated rings. The van der Waals surface area contributed by atoms with Crippen molar-refractivity contribution in [3.63, 3.8) is 0 Å². The molecule has 1 rings (SSSR count). The molecule has 0 radical (unpaired) electrons. The third-order valence-electron chi connectivity index (χ3n) is 3.42. The zero-order valence-corrected chi connectivity index (χ0v) is 13.8. The Labute approximate surface area is 123 Å². The highest BCUT2D eigenvalue weighted by molar-refractivity contribution is 4.93. The van der Waals surface area contributed by atoms with Crippen LogP contribution >= 0.6 is 0 Å². The quantitative estimate of drug-likeness (QED) is 0.754. The first-order valence-corrected chi connectivity index (χ1v) is 7.65. The van der Waals surface area contributed by atoms with Crippen LogP contribution in [0.1, 0.15) is 40.4 Å². The van der Waals surface area contributed by atoms with E-state index < -0.39 is 0 Å². The highest BCUT2D eigenvalue weighted by Crippen LogP contribution is 2.15. The molecular weight excluding hydrogens is 252 g/mol. The van der Waals surface area contributed by atoms with Crippen molar-refractivity contribution in [3.05, 3.63) is 12.2 Å². The third-order valence-corrected chi connectivity index (χ3v) is 3.42. The molecule has 116 valence electrons. The molecule has 0 aromatic carbocycles. The van der Waals surface area contributed by atoms with Crippen LogP contribution in [0.2, 0.25) is 0 Å². The number of likely N-dealkylation sites (N-methyl/N-ethyl adjacent to an activating group) is 1. The van der Waals surface area contributed by atoms with Crippen molar-refractivity contribution >= 4 is 0 Å². The van der Waals surface area contributed by atoms with Crippen LogP contribution in [0.5, 0.6) is 0 Å². The lowest BCUT2D eigenvalue weighted by Gasteiger charge is -2.29. The second-order valence-electron chi connectivity index (χ2n) is 6.02. The maximum absolute atomic E-state index is 5.91. The molecule has 1 N–H and O–H groups in total. The molecule has 1 heterocycles. The van der Waals surface area contributed by atoms with E-state index in [1.165, 1.54) is 0 Å². The zero-order chi connectivity index (χ0) is 15.1. The van der Waals surface area contributed by atoms with Crippen molar-refractivity contribution in [2.24, 2.45) is 11.8 Å². The molecule has 0 bridgehead atoms. The summed E-state index contributed by atoms with van der Waals surface area (Å²) in [6, 6.07) is 0.255. The first-order valence-electron chi connectivity index (χ1n) is 7.65. The van der Waals surface area contributed by atoms with Gasteiger partial charge in [-0.15, -0.1) is 0 Å². The minimum Gasteiger partial charge on any atom is -0.377 e. The lowest BCUT2D eigenvalue weighted by molar-refractivity contribution is 0.00467. The molecule has 1 aromatic rings. The van der Waals surface area contributed by atoms with Crippen molar-refractivity contribution in [1.82, 2.24) is 20.1 Å². The number of nitrogens with zero attached hydrogens (tertiary/aromatic N) is 3.